The summed E-state index contributed by atoms with van der Waals surface area (Å²) >= 11 is 6.10. The zero-order valence-corrected chi connectivity index (χ0v) is 26.1. The van der Waals surface area contributed by atoms with Gasteiger partial charge in [-0.15, -0.1) is 0 Å². The number of nitrogens with zero attached hydrogens (tertiary/aromatic N) is 2. The highest BCUT2D eigenvalue weighted by molar-refractivity contribution is 7.92. The van der Waals surface area contributed by atoms with E-state index in [4.69, 9.17) is 21.1 Å². The molecule has 2 amide bonds. The highest BCUT2D eigenvalue weighted by Gasteiger charge is 2.34. The summed E-state index contributed by atoms with van der Waals surface area (Å²) in [6.07, 6.45) is 0.339. The molecule has 3 aromatic carbocycles. The number of carbonyl (C=O) groups excluding carboxylic acids is 2. The molecule has 11 heteroatoms. The highest BCUT2D eigenvalue weighted by Crippen LogP contribution is 2.32. The second kappa shape index (κ2) is 14.9. The summed E-state index contributed by atoms with van der Waals surface area (Å²) in [5, 5.41) is 3.33. The molecule has 0 spiro atoms. The number of rotatable bonds is 14. The lowest BCUT2D eigenvalue weighted by atomic mass is 10.1. The van der Waals surface area contributed by atoms with Crippen LogP contribution in [0.4, 0.5) is 5.69 Å². The van der Waals surface area contributed by atoms with Gasteiger partial charge in [-0.25, -0.2) is 8.42 Å². The third kappa shape index (κ3) is 8.17. The molecule has 42 heavy (non-hydrogen) atoms. The lowest BCUT2D eigenvalue weighted by molar-refractivity contribution is -0.140. The molecule has 3 rings (SSSR count). The molecule has 0 unspecified atom stereocenters. The smallest absolute Gasteiger partial charge is 0.264 e. The maximum atomic E-state index is 14.1. The highest BCUT2D eigenvalue weighted by atomic mass is 35.5. The maximum absolute atomic E-state index is 14.1. The van der Waals surface area contributed by atoms with Crippen LogP contribution < -0.4 is 19.1 Å². The first-order valence-corrected chi connectivity index (χ1v) is 15.4. The standard InChI is InChI=1S/C31H38ClN3O6S/c1-6-27(31(37)33-19-22(2)3)34(20-23-10-8-7-9-11-23)30(36)21-35(25-14-12-24(32)13-15-25)42(38,39)26-16-17-28(40-4)29(18-26)41-5/h7-18,22,27H,6,19-21H2,1-5H3,(H,33,37)/t27-/m0/s1. The molecule has 0 radical (unpaired) electrons. The number of methoxy groups -OCH3 is 2. The number of carbonyl (C=O) groups is 2. The fourth-order valence-corrected chi connectivity index (χ4v) is 5.92. The molecule has 3 aromatic rings. The average molecular weight is 616 g/mol. The average Bonchev–Trinajstić information content (AvgIpc) is 2.99. The third-order valence-electron chi connectivity index (χ3n) is 6.60. The molecule has 0 aromatic heterocycles. The first-order chi connectivity index (χ1) is 20.0. The van der Waals surface area contributed by atoms with Crippen molar-refractivity contribution in [2.45, 2.75) is 44.7 Å². The van der Waals surface area contributed by atoms with E-state index in [1.54, 1.807) is 12.1 Å². The monoisotopic (exact) mass is 615 g/mol. The van der Waals surface area contributed by atoms with E-state index in [-0.39, 0.29) is 34.7 Å². The summed E-state index contributed by atoms with van der Waals surface area (Å²) in [6, 6.07) is 18.8. The molecule has 1 atom stereocenters. The number of ether oxygens (including phenoxy) is 2. The first-order valence-electron chi connectivity index (χ1n) is 13.6. The van der Waals surface area contributed by atoms with Crippen molar-refractivity contribution in [2.24, 2.45) is 5.92 Å². The SMILES string of the molecule is CC[C@@H](C(=O)NCC(C)C)N(Cc1ccccc1)C(=O)CN(c1ccc(Cl)cc1)S(=O)(=O)c1ccc(OC)c(OC)c1. The van der Waals surface area contributed by atoms with E-state index in [0.717, 1.165) is 9.87 Å². The summed E-state index contributed by atoms with van der Waals surface area (Å²) < 4.78 is 39.8. The summed E-state index contributed by atoms with van der Waals surface area (Å²) in [5.41, 5.74) is 1.04. The number of anilines is 1. The molecule has 9 nitrogen and oxygen atoms in total. The van der Waals surface area contributed by atoms with Crippen LogP contribution in [0.15, 0.2) is 77.7 Å². The number of benzene rings is 3. The molecular formula is C31H38ClN3O6S. The van der Waals surface area contributed by atoms with Crippen molar-refractivity contribution in [3.05, 3.63) is 83.4 Å². The molecule has 0 saturated heterocycles. The summed E-state index contributed by atoms with van der Waals surface area (Å²) in [7, 11) is -1.43. The number of hydrogen-bond acceptors (Lipinski definition) is 6. The molecule has 0 aliphatic rings. The number of amides is 2. The first kappa shape index (κ1) is 32.8. The molecule has 1 N–H and O–H groups in total. The fourth-order valence-electron chi connectivity index (χ4n) is 4.36. The van der Waals surface area contributed by atoms with Crippen molar-refractivity contribution in [1.29, 1.82) is 0 Å². The van der Waals surface area contributed by atoms with Gasteiger partial charge in [0, 0.05) is 24.2 Å². The predicted molar refractivity (Wildman–Crippen MR) is 164 cm³/mol. The van der Waals surface area contributed by atoms with Crippen molar-refractivity contribution in [1.82, 2.24) is 10.2 Å². The van der Waals surface area contributed by atoms with Gasteiger partial charge in [0.1, 0.15) is 12.6 Å². The predicted octanol–water partition coefficient (Wildman–Crippen LogP) is 5.13. The minimum absolute atomic E-state index is 0.0979. The van der Waals surface area contributed by atoms with Gasteiger partial charge in [-0.05, 0) is 54.3 Å². The van der Waals surface area contributed by atoms with Crippen molar-refractivity contribution in [3.63, 3.8) is 0 Å². The molecule has 226 valence electrons. The van der Waals surface area contributed by atoms with E-state index >= 15 is 0 Å². The van der Waals surface area contributed by atoms with Gasteiger partial charge in [0.05, 0.1) is 24.8 Å². The second-order valence-electron chi connectivity index (χ2n) is 10.1. The van der Waals surface area contributed by atoms with Gasteiger partial charge in [0.15, 0.2) is 11.5 Å². The van der Waals surface area contributed by atoms with E-state index in [2.05, 4.69) is 5.32 Å². The molecule has 0 aliphatic heterocycles. The van der Waals surface area contributed by atoms with Crippen molar-refractivity contribution < 1.29 is 27.5 Å². The summed E-state index contributed by atoms with van der Waals surface area (Å²) in [6.45, 7) is 5.81. The van der Waals surface area contributed by atoms with Crippen LogP contribution in [0.1, 0.15) is 32.8 Å². The van der Waals surface area contributed by atoms with Crippen LogP contribution in [0.3, 0.4) is 0 Å². The minimum Gasteiger partial charge on any atom is -0.493 e. The van der Waals surface area contributed by atoms with Crippen LogP contribution in [-0.2, 0) is 26.2 Å². The molecule has 0 bridgehead atoms. The molecular weight excluding hydrogens is 578 g/mol. The number of hydrogen-bond donors (Lipinski definition) is 1. The van der Waals surface area contributed by atoms with E-state index in [1.807, 2.05) is 51.1 Å². The van der Waals surface area contributed by atoms with Gasteiger partial charge in [-0.2, -0.15) is 0 Å². The molecule has 0 heterocycles. The maximum Gasteiger partial charge on any atom is 0.264 e. The van der Waals surface area contributed by atoms with Crippen molar-refractivity contribution in [2.75, 3.05) is 31.6 Å². The Balaban J connectivity index is 2.07. The van der Waals surface area contributed by atoms with Gasteiger partial charge >= 0.3 is 0 Å². The molecule has 0 fully saturated rings. The fraction of sp³-hybridized carbons (Fsp3) is 0.355. The lowest BCUT2D eigenvalue weighted by Gasteiger charge is -2.33. The largest absolute Gasteiger partial charge is 0.493 e. The Morgan fingerprint density at radius 3 is 2.14 bits per heavy atom. The molecule has 0 aliphatic carbocycles. The van der Waals surface area contributed by atoms with Crippen molar-refractivity contribution in [3.8, 4) is 11.5 Å². The van der Waals surface area contributed by atoms with Crippen LogP contribution in [0.5, 0.6) is 11.5 Å². The van der Waals surface area contributed by atoms with E-state index in [0.29, 0.717) is 23.7 Å². The summed E-state index contributed by atoms with van der Waals surface area (Å²) in [5.74, 6) is -0.0326. The van der Waals surface area contributed by atoms with Gasteiger partial charge in [-0.3, -0.25) is 13.9 Å². The second-order valence-corrected chi connectivity index (χ2v) is 12.4. The van der Waals surface area contributed by atoms with Crippen LogP contribution in [0, 0.1) is 5.92 Å². The Morgan fingerprint density at radius 2 is 1.57 bits per heavy atom. The zero-order chi connectivity index (χ0) is 30.9. The van der Waals surface area contributed by atoms with E-state index in [1.165, 1.54) is 49.5 Å². The van der Waals surface area contributed by atoms with E-state index < -0.39 is 28.5 Å². The van der Waals surface area contributed by atoms with E-state index in [9.17, 15) is 18.0 Å². The third-order valence-corrected chi connectivity index (χ3v) is 8.62. The van der Waals surface area contributed by atoms with Crippen LogP contribution in [0.2, 0.25) is 5.02 Å². The Morgan fingerprint density at radius 1 is 0.929 bits per heavy atom. The minimum atomic E-state index is -4.29. The Bertz CT molecular complexity index is 1450. The van der Waals surface area contributed by atoms with Crippen LogP contribution in [0.25, 0.3) is 0 Å². The Hall–Kier alpha value is -3.76. The van der Waals surface area contributed by atoms with Crippen LogP contribution in [-0.4, -0.2) is 58.5 Å². The van der Waals surface area contributed by atoms with Crippen LogP contribution >= 0.6 is 11.6 Å². The van der Waals surface area contributed by atoms with Gasteiger partial charge in [0.25, 0.3) is 10.0 Å². The number of nitrogens with one attached hydrogen (secondary N) is 1. The van der Waals surface area contributed by atoms with Gasteiger partial charge < -0.3 is 19.7 Å². The normalized spacial score (nSPS) is 12.0. The molecule has 0 saturated carbocycles. The number of sulfonamides is 1. The van der Waals surface area contributed by atoms with Crippen molar-refractivity contribution >= 4 is 39.1 Å². The zero-order valence-electron chi connectivity index (χ0n) is 24.5. The lowest BCUT2D eigenvalue weighted by Crippen LogP contribution is -2.52. The summed E-state index contributed by atoms with van der Waals surface area (Å²) in [4.78, 5) is 28.7. The topological polar surface area (TPSA) is 105 Å². The quantitative estimate of drug-likeness (QED) is 0.270. The van der Waals surface area contributed by atoms with Gasteiger partial charge in [0.2, 0.25) is 11.8 Å². The Kier molecular flexibility index (Phi) is 11.6. The number of halogens is 1. The Labute approximate surface area is 253 Å². The van der Waals surface area contributed by atoms with Gasteiger partial charge in [-0.1, -0.05) is 62.7 Å².